The van der Waals surface area contributed by atoms with Crippen LogP contribution in [0, 0.1) is 0 Å². The Morgan fingerprint density at radius 3 is 2.46 bits per heavy atom. The molecule has 0 aliphatic rings. The fourth-order valence-corrected chi connectivity index (χ4v) is 3.03. The number of hydrazone groups is 1. The molecule has 0 unspecified atom stereocenters. The highest BCUT2D eigenvalue weighted by molar-refractivity contribution is 9.10. The van der Waals surface area contributed by atoms with Crippen LogP contribution in [0.5, 0.6) is 0 Å². The minimum Gasteiger partial charge on any atom is -0.378 e. The van der Waals surface area contributed by atoms with Gasteiger partial charge in [0.1, 0.15) is 0 Å². The van der Waals surface area contributed by atoms with Crippen LogP contribution in [0.25, 0.3) is 11.3 Å². The quantitative estimate of drug-likeness (QED) is 0.479. The highest BCUT2D eigenvalue weighted by atomic mass is 79.9. The van der Waals surface area contributed by atoms with E-state index in [9.17, 15) is 0 Å². The summed E-state index contributed by atoms with van der Waals surface area (Å²) in [5.74, 6) is 0. The molecule has 0 radical (unpaired) electrons. The molecule has 0 fully saturated rings. The molecular formula is C18H17BrN4S. The largest absolute Gasteiger partial charge is 0.378 e. The zero-order valence-electron chi connectivity index (χ0n) is 13.4. The number of anilines is 2. The Morgan fingerprint density at radius 1 is 1.08 bits per heavy atom. The van der Waals surface area contributed by atoms with E-state index in [2.05, 4.69) is 48.5 Å². The van der Waals surface area contributed by atoms with Crippen molar-refractivity contribution in [1.82, 2.24) is 4.98 Å². The number of thiazole rings is 1. The number of benzene rings is 2. The van der Waals surface area contributed by atoms with E-state index in [1.54, 1.807) is 6.21 Å². The lowest BCUT2D eigenvalue weighted by Crippen LogP contribution is -2.08. The second-order valence-corrected chi connectivity index (χ2v) is 7.17. The summed E-state index contributed by atoms with van der Waals surface area (Å²) in [6.07, 6.45) is 1.79. The third-order valence-electron chi connectivity index (χ3n) is 3.43. The van der Waals surface area contributed by atoms with E-state index in [0.717, 1.165) is 26.4 Å². The van der Waals surface area contributed by atoms with E-state index in [0.29, 0.717) is 0 Å². The lowest BCUT2D eigenvalue weighted by Gasteiger charge is -2.11. The molecule has 0 atom stereocenters. The van der Waals surface area contributed by atoms with E-state index >= 15 is 0 Å². The van der Waals surface area contributed by atoms with Crippen LogP contribution in [-0.2, 0) is 0 Å². The first-order chi connectivity index (χ1) is 11.6. The Hall–Kier alpha value is -2.18. The van der Waals surface area contributed by atoms with Crippen LogP contribution >= 0.6 is 27.3 Å². The van der Waals surface area contributed by atoms with E-state index in [1.807, 2.05) is 55.9 Å². The fourth-order valence-electron chi connectivity index (χ4n) is 2.10. The number of nitrogens with one attached hydrogen (secondary N) is 1. The molecule has 4 nitrogen and oxygen atoms in total. The van der Waals surface area contributed by atoms with E-state index in [1.165, 1.54) is 17.0 Å². The lowest BCUT2D eigenvalue weighted by molar-refractivity contribution is 1.13. The van der Waals surface area contributed by atoms with Gasteiger partial charge in [-0.1, -0.05) is 40.2 Å². The molecule has 122 valence electrons. The zero-order chi connectivity index (χ0) is 16.9. The third-order valence-corrected chi connectivity index (χ3v) is 4.70. The summed E-state index contributed by atoms with van der Waals surface area (Å²) >= 11 is 4.98. The normalized spacial score (nSPS) is 11.0. The molecule has 0 amide bonds. The molecule has 24 heavy (non-hydrogen) atoms. The standard InChI is InChI=1S/C18H17BrN4S/c1-23(2)16-9-3-13(4-10-16)11-20-22-18-21-17(12-24-18)14-5-7-15(19)8-6-14/h3-12H,1-2H3,(H,21,22)/b20-11-. The number of nitrogens with zero attached hydrogens (tertiary/aromatic N) is 3. The topological polar surface area (TPSA) is 40.5 Å². The van der Waals surface area contributed by atoms with Gasteiger partial charge in [-0.2, -0.15) is 5.10 Å². The van der Waals surface area contributed by atoms with E-state index < -0.39 is 0 Å². The zero-order valence-corrected chi connectivity index (χ0v) is 15.8. The van der Waals surface area contributed by atoms with Gasteiger partial charge in [0.05, 0.1) is 11.9 Å². The van der Waals surface area contributed by atoms with Crippen LogP contribution in [-0.4, -0.2) is 25.3 Å². The Balaban J connectivity index is 1.63. The van der Waals surface area contributed by atoms with Crippen molar-refractivity contribution in [3.63, 3.8) is 0 Å². The summed E-state index contributed by atoms with van der Waals surface area (Å²) in [6, 6.07) is 16.3. The van der Waals surface area contributed by atoms with Crippen LogP contribution in [0.1, 0.15) is 5.56 Å². The van der Waals surface area contributed by atoms with Crippen LogP contribution in [0.15, 0.2) is 63.5 Å². The van der Waals surface area contributed by atoms with Crippen molar-refractivity contribution in [2.24, 2.45) is 5.10 Å². The molecule has 0 saturated heterocycles. The number of rotatable bonds is 5. The van der Waals surface area contributed by atoms with Gasteiger partial charge in [0.15, 0.2) is 0 Å². The Bertz CT molecular complexity index is 823. The van der Waals surface area contributed by atoms with Gasteiger partial charge in [0.25, 0.3) is 0 Å². The summed E-state index contributed by atoms with van der Waals surface area (Å²) in [7, 11) is 4.05. The van der Waals surface area contributed by atoms with Gasteiger partial charge in [-0.15, -0.1) is 11.3 Å². The van der Waals surface area contributed by atoms with Crippen molar-refractivity contribution in [1.29, 1.82) is 0 Å². The van der Waals surface area contributed by atoms with Gasteiger partial charge in [-0.05, 0) is 29.8 Å². The SMILES string of the molecule is CN(C)c1ccc(/C=N\Nc2nc(-c3ccc(Br)cc3)cs2)cc1. The number of hydrogen-bond donors (Lipinski definition) is 1. The summed E-state index contributed by atoms with van der Waals surface area (Å²) in [5.41, 5.74) is 7.23. The second-order valence-electron chi connectivity index (χ2n) is 5.40. The molecule has 0 aliphatic heterocycles. The predicted molar refractivity (Wildman–Crippen MR) is 107 cm³/mol. The second kappa shape index (κ2) is 7.59. The number of hydrogen-bond acceptors (Lipinski definition) is 5. The highest BCUT2D eigenvalue weighted by Gasteiger charge is 2.03. The smallest absolute Gasteiger partial charge is 0.203 e. The van der Waals surface area contributed by atoms with Gasteiger partial charge >= 0.3 is 0 Å². The molecular weight excluding hydrogens is 384 g/mol. The van der Waals surface area contributed by atoms with Crippen LogP contribution in [0.4, 0.5) is 10.8 Å². The molecule has 1 N–H and O–H groups in total. The summed E-state index contributed by atoms with van der Waals surface area (Å²) in [5, 5.41) is 7.05. The molecule has 6 heteroatoms. The average Bonchev–Trinajstić information content (AvgIpc) is 3.05. The first kappa shape index (κ1) is 16.7. The van der Waals surface area contributed by atoms with Crippen molar-refractivity contribution in [3.8, 4) is 11.3 Å². The van der Waals surface area contributed by atoms with Crippen LogP contribution in [0.2, 0.25) is 0 Å². The van der Waals surface area contributed by atoms with Gasteiger partial charge in [-0.3, -0.25) is 5.43 Å². The molecule has 0 spiro atoms. The van der Waals surface area contributed by atoms with E-state index in [-0.39, 0.29) is 0 Å². The molecule has 0 saturated carbocycles. The van der Waals surface area contributed by atoms with Gasteiger partial charge in [-0.25, -0.2) is 4.98 Å². The number of aromatic nitrogens is 1. The Morgan fingerprint density at radius 2 is 1.79 bits per heavy atom. The molecule has 0 bridgehead atoms. The highest BCUT2D eigenvalue weighted by Crippen LogP contribution is 2.26. The molecule has 1 heterocycles. The lowest BCUT2D eigenvalue weighted by atomic mass is 10.2. The fraction of sp³-hybridized carbons (Fsp3) is 0.111. The summed E-state index contributed by atoms with van der Waals surface area (Å²) in [4.78, 5) is 6.62. The van der Waals surface area contributed by atoms with Crippen LogP contribution in [0.3, 0.4) is 0 Å². The molecule has 0 aliphatic carbocycles. The van der Waals surface area contributed by atoms with Crippen molar-refractivity contribution < 1.29 is 0 Å². The Labute approximate surface area is 154 Å². The van der Waals surface area contributed by atoms with Crippen molar-refractivity contribution in [2.75, 3.05) is 24.4 Å². The molecule has 3 rings (SSSR count). The average molecular weight is 401 g/mol. The monoisotopic (exact) mass is 400 g/mol. The molecule has 2 aromatic carbocycles. The first-order valence-electron chi connectivity index (χ1n) is 7.40. The van der Waals surface area contributed by atoms with Gasteiger partial charge in [0.2, 0.25) is 5.13 Å². The third kappa shape index (κ3) is 4.21. The minimum absolute atomic E-state index is 0.772. The van der Waals surface area contributed by atoms with Crippen molar-refractivity contribution in [3.05, 3.63) is 63.9 Å². The van der Waals surface area contributed by atoms with E-state index in [4.69, 9.17) is 0 Å². The van der Waals surface area contributed by atoms with Gasteiger partial charge in [0, 0.05) is 35.2 Å². The first-order valence-corrected chi connectivity index (χ1v) is 9.07. The van der Waals surface area contributed by atoms with Crippen molar-refractivity contribution >= 4 is 44.3 Å². The molecule has 3 aromatic rings. The minimum atomic E-state index is 0.772. The summed E-state index contributed by atoms with van der Waals surface area (Å²) in [6.45, 7) is 0. The maximum atomic E-state index is 4.55. The molecule has 1 aromatic heterocycles. The maximum Gasteiger partial charge on any atom is 0.203 e. The number of halogens is 1. The summed E-state index contributed by atoms with van der Waals surface area (Å²) < 4.78 is 1.06. The predicted octanol–water partition coefficient (Wildman–Crippen LogP) is 5.08. The van der Waals surface area contributed by atoms with Crippen LogP contribution < -0.4 is 10.3 Å². The van der Waals surface area contributed by atoms with Crippen molar-refractivity contribution in [2.45, 2.75) is 0 Å². The maximum absolute atomic E-state index is 4.55. The van der Waals surface area contributed by atoms with Gasteiger partial charge < -0.3 is 4.90 Å². The Kier molecular flexibility index (Phi) is 5.27.